The van der Waals surface area contributed by atoms with E-state index in [4.69, 9.17) is 16.3 Å². The zero-order chi connectivity index (χ0) is 14.7. The van der Waals surface area contributed by atoms with Gasteiger partial charge in [-0.25, -0.2) is 0 Å². The number of nitrogens with zero attached hydrogens (tertiary/aromatic N) is 3. The van der Waals surface area contributed by atoms with E-state index in [-0.39, 0.29) is 12.0 Å². The number of esters is 1. The highest BCUT2D eigenvalue weighted by Crippen LogP contribution is 2.26. The summed E-state index contributed by atoms with van der Waals surface area (Å²) in [7, 11) is 3.35. The molecule has 0 amide bonds. The fourth-order valence-electron chi connectivity index (χ4n) is 2.82. The van der Waals surface area contributed by atoms with E-state index in [1.807, 2.05) is 18.7 Å². The molecule has 2 heterocycles. The van der Waals surface area contributed by atoms with Crippen LogP contribution in [0.1, 0.15) is 37.1 Å². The van der Waals surface area contributed by atoms with Crippen molar-refractivity contribution in [1.82, 2.24) is 14.7 Å². The minimum Gasteiger partial charge on any atom is -0.469 e. The molecule has 112 valence electrons. The van der Waals surface area contributed by atoms with E-state index in [0.29, 0.717) is 6.42 Å². The number of carbonyl (C=O) groups is 1. The molecule has 0 radical (unpaired) electrons. The molecule has 1 aromatic rings. The second-order valence-corrected chi connectivity index (χ2v) is 5.75. The average Bonchev–Trinajstić information content (AvgIpc) is 2.67. The van der Waals surface area contributed by atoms with Gasteiger partial charge >= 0.3 is 5.97 Å². The van der Waals surface area contributed by atoms with Crippen molar-refractivity contribution in [2.75, 3.05) is 13.7 Å². The third kappa shape index (κ3) is 3.33. The fraction of sp³-hybridized carbons (Fsp3) is 0.714. The van der Waals surface area contributed by atoms with Crippen LogP contribution in [0, 0.1) is 6.92 Å². The molecule has 1 fully saturated rings. The number of carbonyl (C=O) groups excluding carboxylic acids is 1. The van der Waals surface area contributed by atoms with Crippen LogP contribution < -0.4 is 0 Å². The zero-order valence-electron chi connectivity index (χ0n) is 12.4. The number of hydrogen-bond acceptors (Lipinski definition) is 4. The molecule has 1 atom stereocenters. The molecular weight excluding hydrogens is 278 g/mol. The van der Waals surface area contributed by atoms with Gasteiger partial charge in [0, 0.05) is 19.6 Å². The molecule has 1 aromatic heterocycles. The van der Waals surface area contributed by atoms with Crippen LogP contribution >= 0.6 is 11.6 Å². The summed E-state index contributed by atoms with van der Waals surface area (Å²) in [6, 6.07) is 0.238. The normalized spacial score (nSPS) is 20.1. The van der Waals surface area contributed by atoms with E-state index in [9.17, 15) is 4.79 Å². The number of aromatic nitrogens is 2. The summed E-state index contributed by atoms with van der Waals surface area (Å²) in [6.45, 7) is 3.63. The van der Waals surface area contributed by atoms with Gasteiger partial charge in [0.15, 0.2) is 0 Å². The van der Waals surface area contributed by atoms with Crippen LogP contribution in [0.5, 0.6) is 0 Å². The Hall–Kier alpha value is -1.07. The maximum absolute atomic E-state index is 11.5. The van der Waals surface area contributed by atoms with Crippen LogP contribution in [-0.4, -0.2) is 40.3 Å². The predicted octanol–water partition coefficient (Wildman–Crippen LogP) is 2.30. The molecule has 1 saturated heterocycles. The molecule has 0 N–H and O–H groups in total. The molecular formula is C14H22ClN3O2. The van der Waals surface area contributed by atoms with Crippen molar-refractivity contribution in [3.05, 3.63) is 16.4 Å². The molecule has 2 rings (SSSR count). The van der Waals surface area contributed by atoms with Gasteiger partial charge in [0.1, 0.15) is 0 Å². The number of ether oxygens (including phenoxy) is 1. The largest absolute Gasteiger partial charge is 0.469 e. The SMILES string of the molecule is COC(=O)CC1CCCCN1Cc1c(Cl)c(C)nn1C. The summed E-state index contributed by atoms with van der Waals surface area (Å²) in [5.74, 6) is -0.144. The monoisotopic (exact) mass is 299 g/mol. The Balaban J connectivity index is 2.10. The number of likely N-dealkylation sites (tertiary alicyclic amines) is 1. The first-order valence-corrected chi connectivity index (χ1v) is 7.39. The van der Waals surface area contributed by atoms with Gasteiger partial charge < -0.3 is 4.74 Å². The maximum atomic E-state index is 11.5. The number of aryl methyl sites for hydroxylation is 2. The molecule has 0 aromatic carbocycles. The lowest BCUT2D eigenvalue weighted by Crippen LogP contribution is -2.40. The van der Waals surface area contributed by atoms with Crippen molar-refractivity contribution in [2.45, 2.75) is 45.2 Å². The van der Waals surface area contributed by atoms with Crippen molar-refractivity contribution in [3.8, 4) is 0 Å². The highest BCUT2D eigenvalue weighted by molar-refractivity contribution is 6.31. The lowest BCUT2D eigenvalue weighted by atomic mass is 9.99. The number of rotatable bonds is 4. The standard InChI is InChI=1S/C14H22ClN3O2/c1-10-14(15)12(17(2)16-10)9-18-7-5-4-6-11(18)8-13(19)20-3/h11H,4-9H2,1-3H3. The Morgan fingerprint density at radius 3 is 2.85 bits per heavy atom. The smallest absolute Gasteiger partial charge is 0.307 e. The molecule has 1 aliphatic rings. The topological polar surface area (TPSA) is 47.4 Å². The quantitative estimate of drug-likeness (QED) is 0.801. The highest BCUT2D eigenvalue weighted by Gasteiger charge is 2.27. The van der Waals surface area contributed by atoms with Crippen LogP contribution in [0.3, 0.4) is 0 Å². The summed E-state index contributed by atoms with van der Waals surface area (Å²) in [5.41, 5.74) is 1.87. The lowest BCUT2D eigenvalue weighted by Gasteiger charge is -2.35. The second kappa shape index (κ2) is 6.59. The van der Waals surface area contributed by atoms with E-state index in [0.717, 1.165) is 48.8 Å². The molecule has 0 spiro atoms. The van der Waals surface area contributed by atoms with E-state index in [1.165, 1.54) is 7.11 Å². The number of methoxy groups -OCH3 is 1. The van der Waals surface area contributed by atoms with E-state index in [1.54, 1.807) is 0 Å². The summed E-state index contributed by atoms with van der Waals surface area (Å²) in [5, 5.41) is 5.08. The van der Waals surface area contributed by atoms with Crippen LogP contribution in [0.2, 0.25) is 5.02 Å². The molecule has 5 nitrogen and oxygen atoms in total. The Labute approximate surface area is 124 Å². The van der Waals surface area contributed by atoms with Gasteiger partial charge in [0.2, 0.25) is 0 Å². The van der Waals surface area contributed by atoms with Crippen molar-refractivity contribution in [1.29, 1.82) is 0 Å². The third-order valence-electron chi connectivity index (χ3n) is 3.99. The molecule has 0 bridgehead atoms. The van der Waals surface area contributed by atoms with Crippen molar-refractivity contribution in [2.24, 2.45) is 7.05 Å². The first kappa shape index (κ1) is 15.3. The zero-order valence-corrected chi connectivity index (χ0v) is 13.1. The highest BCUT2D eigenvalue weighted by atomic mass is 35.5. The molecule has 0 saturated carbocycles. The van der Waals surface area contributed by atoms with E-state index >= 15 is 0 Å². The molecule has 1 aliphatic heterocycles. The van der Waals surface area contributed by atoms with Crippen molar-refractivity contribution >= 4 is 17.6 Å². The Morgan fingerprint density at radius 1 is 1.50 bits per heavy atom. The van der Waals surface area contributed by atoms with Crippen LogP contribution in [-0.2, 0) is 23.1 Å². The lowest BCUT2D eigenvalue weighted by molar-refractivity contribution is -0.142. The molecule has 20 heavy (non-hydrogen) atoms. The van der Waals surface area contributed by atoms with Gasteiger partial charge in [0.05, 0.1) is 29.9 Å². The second-order valence-electron chi connectivity index (χ2n) is 5.37. The Kier molecular flexibility index (Phi) is 5.05. The minimum absolute atomic E-state index is 0.144. The van der Waals surface area contributed by atoms with Crippen LogP contribution in [0.25, 0.3) is 0 Å². The van der Waals surface area contributed by atoms with Crippen LogP contribution in [0.15, 0.2) is 0 Å². The number of halogens is 1. The summed E-state index contributed by atoms with van der Waals surface area (Å²) < 4.78 is 6.63. The minimum atomic E-state index is -0.144. The average molecular weight is 300 g/mol. The summed E-state index contributed by atoms with van der Waals surface area (Å²) in [6.07, 6.45) is 3.80. The predicted molar refractivity (Wildman–Crippen MR) is 77.6 cm³/mol. The van der Waals surface area contributed by atoms with Gasteiger partial charge in [-0.05, 0) is 26.3 Å². The van der Waals surface area contributed by atoms with E-state index < -0.39 is 0 Å². The van der Waals surface area contributed by atoms with Gasteiger partial charge in [-0.1, -0.05) is 18.0 Å². The third-order valence-corrected chi connectivity index (χ3v) is 4.49. The van der Waals surface area contributed by atoms with Gasteiger partial charge in [-0.2, -0.15) is 5.10 Å². The van der Waals surface area contributed by atoms with Gasteiger partial charge in [0.25, 0.3) is 0 Å². The number of hydrogen-bond donors (Lipinski definition) is 0. The maximum Gasteiger partial charge on any atom is 0.307 e. The Bertz CT molecular complexity index is 487. The molecule has 6 heteroatoms. The van der Waals surface area contributed by atoms with Crippen molar-refractivity contribution < 1.29 is 9.53 Å². The summed E-state index contributed by atoms with van der Waals surface area (Å²) >= 11 is 6.31. The first-order chi connectivity index (χ1) is 9.52. The Morgan fingerprint density at radius 2 is 2.25 bits per heavy atom. The first-order valence-electron chi connectivity index (χ1n) is 7.01. The summed E-state index contributed by atoms with van der Waals surface area (Å²) in [4.78, 5) is 13.8. The van der Waals surface area contributed by atoms with Crippen LogP contribution in [0.4, 0.5) is 0 Å². The van der Waals surface area contributed by atoms with Gasteiger partial charge in [-0.15, -0.1) is 0 Å². The molecule has 0 aliphatic carbocycles. The number of piperidine rings is 1. The van der Waals surface area contributed by atoms with Gasteiger partial charge in [-0.3, -0.25) is 14.4 Å². The van der Waals surface area contributed by atoms with E-state index in [2.05, 4.69) is 10.00 Å². The molecule has 1 unspecified atom stereocenters. The van der Waals surface area contributed by atoms with Crippen molar-refractivity contribution in [3.63, 3.8) is 0 Å². The fourth-order valence-corrected chi connectivity index (χ4v) is 3.04.